The number of carbonyl (C=O) groups is 2. The molecule has 0 saturated heterocycles. The molecule has 9 nitrogen and oxygen atoms in total. The minimum absolute atomic E-state index is 0.0923. The fourth-order valence-electron chi connectivity index (χ4n) is 6.08. The molecule has 9 heteroatoms. The highest BCUT2D eigenvalue weighted by molar-refractivity contribution is 6.20. The molecule has 4 aromatic carbocycles. The summed E-state index contributed by atoms with van der Waals surface area (Å²) in [7, 11) is 0. The smallest absolute Gasteiger partial charge is 0.254 e. The van der Waals surface area contributed by atoms with Crippen LogP contribution in [0.2, 0.25) is 0 Å². The van der Waals surface area contributed by atoms with Crippen molar-refractivity contribution in [2.45, 2.75) is 6.42 Å². The van der Waals surface area contributed by atoms with E-state index in [1.165, 1.54) is 0 Å². The first kappa shape index (κ1) is 29.3. The van der Waals surface area contributed by atoms with Crippen molar-refractivity contribution in [3.63, 3.8) is 0 Å². The van der Waals surface area contributed by atoms with Crippen molar-refractivity contribution < 1.29 is 9.59 Å². The van der Waals surface area contributed by atoms with E-state index in [1.807, 2.05) is 97.1 Å². The molecule has 5 N–H and O–H groups in total. The lowest BCUT2D eigenvalue weighted by atomic mass is 10.0. The number of H-pyrrole nitrogens is 1. The third-order valence-corrected chi connectivity index (χ3v) is 8.26. The summed E-state index contributed by atoms with van der Waals surface area (Å²) < 4.78 is 0. The van der Waals surface area contributed by atoms with Crippen molar-refractivity contribution in [2.24, 2.45) is 0 Å². The van der Waals surface area contributed by atoms with Crippen molar-refractivity contribution >= 4 is 66.5 Å². The molecule has 0 bridgehead atoms. The standard InChI is InChI=1S/C37H35N7O2/c45-36(32-24-10-1-5-14-28(24)42-29-15-6-2-11-25(29)32)40-22-20-38-18-9-19-39-21-23-41-37(46)33-26-12-3-7-16-30(26)43-34-27-13-4-8-17-31(27)44-35(33)34/h1-8,10-17,38-39,44H,9,18-23H2,(H,40,45)(H,41,46). The van der Waals surface area contributed by atoms with Crippen LogP contribution in [0.15, 0.2) is 97.1 Å². The summed E-state index contributed by atoms with van der Waals surface area (Å²) in [5, 5.41) is 16.5. The topological polar surface area (TPSA) is 124 Å². The SMILES string of the molecule is O=C(NCCNCCCNCCNC(=O)c1c2ccccc2nc2c1[nH]c1ccccc12)c1c2ccccc2nc2ccccc12. The number of pyridine rings is 2. The van der Waals surface area contributed by atoms with Gasteiger partial charge in [0.1, 0.15) is 0 Å². The average Bonchev–Trinajstić information content (AvgIpc) is 3.46. The minimum atomic E-state index is -0.117. The number of benzene rings is 4. The highest BCUT2D eigenvalue weighted by Gasteiger charge is 2.19. The zero-order valence-electron chi connectivity index (χ0n) is 25.4. The first-order valence-electron chi connectivity index (χ1n) is 15.7. The number of nitrogens with one attached hydrogen (secondary N) is 5. The van der Waals surface area contributed by atoms with Gasteiger partial charge < -0.3 is 26.3 Å². The van der Waals surface area contributed by atoms with Crippen molar-refractivity contribution in [2.75, 3.05) is 39.3 Å². The molecule has 0 fully saturated rings. The first-order chi connectivity index (χ1) is 22.7. The Balaban J connectivity index is 0.852. The molecule has 7 aromatic rings. The molecule has 230 valence electrons. The molecule has 0 radical (unpaired) electrons. The Morgan fingerprint density at radius 3 is 1.61 bits per heavy atom. The minimum Gasteiger partial charge on any atom is -0.353 e. The van der Waals surface area contributed by atoms with Crippen LogP contribution in [-0.2, 0) is 0 Å². The molecule has 0 aliphatic carbocycles. The first-order valence-corrected chi connectivity index (χ1v) is 15.7. The molecule has 0 aliphatic rings. The molecule has 0 unspecified atom stereocenters. The lowest BCUT2D eigenvalue weighted by Gasteiger charge is -2.12. The van der Waals surface area contributed by atoms with E-state index in [2.05, 4.69) is 26.3 Å². The van der Waals surface area contributed by atoms with E-state index in [1.54, 1.807) is 0 Å². The second kappa shape index (κ2) is 13.3. The van der Waals surface area contributed by atoms with E-state index < -0.39 is 0 Å². The summed E-state index contributed by atoms with van der Waals surface area (Å²) in [5.74, 6) is -0.209. The second-order valence-corrected chi connectivity index (χ2v) is 11.3. The van der Waals surface area contributed by atoms with Crippen molar-refractivity contribution in [1.29, 1.82) is 0 Å². The zero-order chi connectivity index (χ0) is 31.3. The molecule has 0 atom stereocenters. The predicted octanol–water partition coefficient (Wildman–Crippen LogP) is 5.30. The van der Waals surface area contributed by atoms with Gasteiger partial charge in [0.25, 0.3) is 11.8 Å². The van der Waals surface area contributed by atoms with Crippen LogP contribution in [0, 0.1) is 0 Å². The van der Waals surface area contributed by atoms with Gasteiger partial charge in [0.2, 0.25) is 0 Å². The fraction of sp³-hybridized carbons (Fsp3) is 0.189. The third kappa shape index (κ3) is 5.85. The highest BCUT2D eigenvalue weighted by Crippen LogP contribution is 2.31. The van der Waals surface area contributed by atoms with Crippen LogP contribution in [0.1, 0.15) is 27.1 Å². The summed E-state index contributed by atoms with van der Waals surface area (Å²) in [5.41, 5.74) is 6.25. The summed E-state index contributed by atoms with van der Waals surface area (Å²) >= 11 is 0. The van der Waals surface area contributed by atoms with Crippen molar-refractivity contribution in [3.05, 3.63) is 108 Å². The largest absolute Gasteiger partial charge is 0.353 e. The van der Waals surface area contributed by atoms with Gasteiger partial charge >= 0.3 is 0 Å². The van der Waals surface area contributed by atoms with Gasteiger partial charge in [0.15, 0.2) is 0 Å². The van der Waals surface area contributed by atoms with E-state index in [4.69, 9.17) is 9.97 Å². The Hall–Kier alpha value is -5.38. The van der Waals surface area contributed by atoms with Crippen LogP contribution in [0.3, 0.4) is 0 Å². The van der Waals surface area contributed by atoms with Crippen LogP contribution in [0.4, 0.5) is 0 Å². The van der Waals surface area contributed by atoms with Gasteiger partial charge in [-0.1, -0.05) is 72.8 Å². The monoisotopic (exact) mass is 609 g/mol. The maximum atomic E-state index is 13.4. The third-order valence-electron chi connectivity index (χ3n) is 8.26. The van der Waals surface area contributed by atoms with Gasteiger partial charge in [0.05, 0.1) is 38.7 Å². The number of fused-ring (bicyclic) bond motifs is 6. The Morgan fingerprint density at radius 2 is 1.00 bits per heavy atom. The van der Waals surface area contributed by atoms with Gasteiger partial charge in [0, 0.05) is 53.2 Å². The van der Waals surface area contributed by atoms with Crippen LogP contribution < -0.4 is 21.3 Å². The normalized spacial score (nSPS) is 11.6. The molecule has 7 rings (SSSR count). The Bertz CT molecular complexity index is 2150. The molecule has 3 aromatic heterocycles. The maximum absolute atomic E-state index is 13.4. The number of nitrogens with zero attached hydrogens (tertiary/aromatic N) is 2. The summed E-state index contributed by atoms with van der Waals surface area (Å²) in [4.78, 5) is 39.6. The fourth-order valence-corrected chi connectivity index (χ4v) is 6.08. The Kier molecular flexibility index (Phi) is 8.49. The van der Waals surface area contributed by atoms with Crippen LogP contribution in [-0.4, -0.2) is 66.0 Å². The summed E-state index contributed by atoms with van der Waals surface area (Å²) in [6, 6.07) is 31.3. The van der Waals surface area contributed by atoms with E-state index in [0.29, 0.717) is 37.3 Å². The molecular weight excluding hydrogens is 574 g/mol. The molecule has 0 aliphatic heterocycles. The lowest BCUT2D eigenvalue weighted by molar-refractivity contribution is 0.0949. The number of hydrogen-bond acceptors (Lipinski definition) is 6. The highest BCUT2D eigenvalue weighted by atomic mass is 16.2. The van der Waals surface area contributed by atoms with E-state index >= 15 is 0 Å². The van der Waals surface area contributed by atoms with E-state index in [9.17, 15) is 9.59 Å². The lowest BCUT2D eigenvalue weighted by Crippen LogP contribution is -2.34. The van der Waals surface area contributed by atoms with Crippen LogP contribution in [0.25, 0.3) is 54.6 Å². The molecule has 2 amide bonds. The average molecular weight is 610 g/mol. The molecule has 0 spiro atoms. The Labute approximate surface area is 265 Å². The summed E-state index contributed by atoms with van der Waals surface area (Å²) in [6.45, 7) is 4.00. The number of carbonyl (C=O) groups excluding carboxylic acids is 2. The number of rotatable bonds is 12. The van der Waals surface area contributed by atoms with Crippen LogP contribution in [0.5, 0.6) is 0 Å². The molecular formula is C37H35N7O2. The van der Waals surface area contributed by atoms with Crippen molar-refractivity contribution in [3.8, 4) is 0 Å². The number of para-hydroxylation sites is 4. The van der Waals surface area contributed by atoms with Crippen molar-refractivity contribution in [1.82, 2.24) is 36.2 Å². The van der Waals surface area contributed by atoms with Gasteiger partial charge in [-0.3, -0.25) is 9.59 Å². The maximum Gasteiger partial charge on any atom is 0.254 e. The number of aromatic amines is 1. The van der Waals surface area contributed by atoms with Gasteiger partial charge in [-0.05, 0) is 43.8 Å². The Morgan fingerprint density at radius 1 is 0.522 bits per heavy atom. The number of amides is 2. The zero-order valence-corrected chi connectivity index (χ0v) is 25.4. The van der Waals surface area contributed by atoms with Gasteiger partial charge in [-0.15, -0.1) is 0 Å². The molecule has 3 heterocycles. The van der Waals surface area contributed by atoms with E-state index in [0.717, 1.165) is 74.2 Å². The van der Waals surface area contributed by atoms with E-state index in [-0.39, 0.29) is 11.8 Å². The molecule has 46 heavy (non-hydrogen) atoms. The van der Waals surface area contributed by atoms with Crippen LogP contribution >= 0.6 is 0 Å². The predicted molar refractivity (Wildman–Crippen MR) is 185 cm³/mol. The second-order valence-electron chi connectivity index (χ2n) is 11.3. The van der Waals surface area contributed by atoms with Gasteiger partial charge in [-0.2, -0.15) is 0 Å². The van der Waals surface area contributed by atoms with Gasteiger partial charge in [-0.25, -0.2) is 9.97 Å². The molecule has 0 saturated carbocycles. The quantitative estimate of drug-likeness (QED) is 0.0947. The number of aromatic nitrogens is 3. The summed E-state index contributed by atoms with van der Waals surface area (Å²) in [6.07, 6.45) is 0.923. The number of hydrogen-bond donors (Lipinski definition) is 5.